The fraction of sp³-hybridized carbons (Fsp3) is 0.417. The zero-order valence-electron chi connectivity index (χ0n) is 10.3. The van der Waals surface area contributed by atoms with E-state index in [1.807, 2.05) is 0 Å². The predicted molar refractivity (Wildman–Crippen MR) is 79.7 cm³/mol. The summed E-state index contributed by atoms with van der Waals surface area (Å²) >= 11 is 8.97. The SMILES string of the molecule is CN(C(=O)c1cc(Br)c(Cl)cc1F)C1CCNC1.Cl. The molecule has 2 rings (SSSR count). The maximum absolute atomic E-state index is 13.8. The zero-order chi connectivity index (χ0) is 13.3. The van der Waals surface area contributed by atoms with Crippen LogP contribution in [0, 0.1) is 5.82 Å². The van der Waals surface area contributed by atoms with Crippen LogP contribution in [-0.4, -0.2) is 37.0 Å². The lowest BCUT2D eigenvalue weighted by Gasteiger charge is -2.24. The highest BCUT2D eigenvalue weighted by atomic mass is 79.9. The molecule has 0 spiro atoms. The van der Waals surface area contributed by atoms with Crippen LogP contribution in [0.5, 0.6) is 0 Å². The molecule has 1 aliphatic rings. The van der Waals surface area contributed by atoms with Crippen LogP contribution in [0.1, 0.15) is 16.8 Å². The summed E-state index contributed by atoms with van der Waals surface area (Å²) in [6.45, 7) is 1.63. The van der Waals surface area contributed by atoms with Gasteiger partial charge in [0.1, 0.15) is 5.82 Å². The van der Waals surface area contributed by atoms with Crippen LogP contribution in [0.4, 0.5) is 4.39 Å². The summed E-state index contributed by atoms with van der Waals surface area (Å²) < 4.78 is 14.3. The van der Waals surface area contributed by atoms with E-state index in [-0.39, 0.29) is 34.9 Å². The Morgan fingerprint density at radius 3 is 2.84 bits per heavy atom. The number of amides is 1. The lowest BCUT2D eigenvalue weighted by atomic mass is 10.1. The maximum Gasteiger partial charge on any atom is 0.256 e. The number of carbonyl (C=O) groups excluding carboxylic acids is 1. The molecule has 1 aliphatic heterocycles. The van der Waals surface area contributed by atoms with E-state index in [2.05, 4.69) is 21.2 Å². The molecule has 1 atom stereocenters. The molecule has 1 fully saturated rings. The monoisotopic (exact) mass is 370 g/mol. The summed E-state index contributed by atoms with van der Waals surface area (Å²) in [5.41, 5.74) is 0.0423. The first kappa shape index (κ1) is 16.7. The molecule has 0 aliphatic carbocycles. The van der Waals surface area contributed by atoms with E-state index in [4.69, 9.17) is 11.6 Å². The van der Waals surface area contributed by atoms with Crippen LogP contribution < -0.4 is 5.32 Å². The molecule has 19 heavy (non-hydrogen) atoms. The third kappa shape index (κ3) is 3.60. The molecule has 1 heterocycles. The quantitative estimate of drug-likeness (QED) is 0.810. The topological polar surface area (TPSA) is 32.3 Å². The Labute approximate surface area is 131 Å². The molecule has 0 saturated carbocycles. The van der Waals surface area contributed by atoms with Crippen molar-refractivity contribution < 1.29 is 9.18 Å². The third-order valence-electron chi connectivity index (χ3n) is 3.14. The van der Waals surface area contributed by atoms with Crippen molar-refractivity contribution in [1.29, 1.82) is 0 Å². The van der Waals surface area contributed by atoms with Crippen LogP contribution in [0.2, 0.25) is 5.02 Å². The van der Waals surface area contributed by atoms with Crippen LogP contribution >= 0.6 is 39.9 Å². The van der Waals surface area contributed by atoms with Crippen molar-refractivity contribution >= 4 is 45.8 Å². The summed E-state index contributed by atoms with van der Waals surface area (Å²) in [6.07, 6.45) is 0.888. The first-order valence-electron chi connectivity index (χ1n) is 5.63. The predicted octanol–water partition coefficient (Wildman–Crippen LogP) is 3.10. The Bertz CT molecular complexity index is 481. The molecule has 0 radical (unpaired) electrons. The van der Waals surface area contributed by atoms with Gasteiger partial charge in [0.2, 0.25) is 0 Å². The minimum atomic E-state index is -0.592. The van der Waals surface area contributed by atoms with Crippen LogP contribution in [0.3, 0.4) is 0 Å². The lowest BCUT2D eigenvalue weighted by Crippen LogP contribution is -2.38. The molecular formula is C12H14BrCl2FN2O. The van der Waals surface area contributed by atoms with Gasteiger partial charge in [0.15, 0.2) is 0 Å². The number of nitrogens with one attached hydrogen (secondary N) is 1. The van der Waals surface area contributed by atoms with Crippen molar-refractivity contribution in [3.63, 3.8) is 0 Å². The van der Waals surface area contributed by atoms with Crippen LogP contribution in [-0.2, 0) is 0 Å². The van der Waals surface area contributed by atoms with Gasteiger partial charge in [-0.3, -0.25) is 4.79 Å². The van der Waals surface area contributed by atoms with Crippen LogP contribution in [0.25, 0.3) is 0 Å². The average Bonchev–Trinajstić information content (AvgIpc) is 2.85. The van der Waals surface area contributed by atoms with Crippen LogP contribution in [0.15, 0.2) is 16.6 Å². The summed E-state index contributed by atoms with van der Waals surface area (Å²) in [6, 6.07) is 2.70. The van der Waals surface area contributed by atoms with Gasteiger partial charge in [0.05, 0.1) is 10.6 Å². The molecule has 0 bridgehead atoms. The fourth-order valence-corrected chi connectivity index (χ4v) is 2.51. The zero-order valence-corrected chi connectivity index (χ0v) is 13.4. The highest BCUT2D eigenvalue weighted by molar-refractivity contribution is 9.10. The van der Waals surface area contributed by atoms with Gasteiger partial charge < -0.3 is 10.2 Å². The van der Waals surface area contributed by atoms with Gasteiger partial charge in [-0.05, 0) is 41.0 Å². The number of nitrogens with zero attached hydrogens (tertiary/aromatic N) is 1. The smallest absolute Gasteiger partial charge is 0.256 e. The fourth-order valence-electron chi connectivity index (χ4n) is 2.01. The Morgan fingerprint density at radius 1 is 1.58 bits per heavy atom. The molecule has 1 saturated heterocycles. The maximum atomic E-state index is 13.8. The second kappa shape index (κ2) is 6.88. The first-order valence-corrected chi connectivity index (χ1v) is 6.80. The molecule has 7 heteroatoms. The number of likely N-dealkylation sites (N-methyl/N-ethyl adjacent to an activating group) is 1. The van der Waals surface area contributed by atoms with Crippen molar-refractivity contribution in [1.82, 2.24) is 10.2 Å². The Balaban J connectivity index is 0.00000180. The molecule has 0 aromatic heterocycles. The Hall–Kier alpha value is -0.360. The number of carbonyl (C=O) groups is 1. The highest BCUT2D eigenvalue weighted by Gasteiger charge is 2.26. The van der Waals surface area contributed by atoms with Crippen molar-refractivity contribution in [2.45, 2.75) is 12.5 Å². The Morgan fingerprint density at radius 2 is 2.26 bits per heavy atom. The number of rotatable bonds is 2. The molecule has 1 unspecified atom stereocenters. The summed E-state index contributed by atoms with van der Waals surface area (Å²) in [5, 5.41) is 3.44. The lowest BCUT2D eigenvalue weighted by molar-refractivity contribution is 0.0739. The van der Waals surface area contributed by atoms with E-state index >= 15 is 0 Å². The minimum Gasteiger partial charge on any atom is -0.337 e. The van der Waals surface area contributed by atoms with Gasteiger partial charge in [-0.1, -0.05) is 11.6 Å². The van der Waals surface area contributed by atoms with Gasteiger partial charge in [0.25, 0.3) is 5.91 Å². The van der Waals surface area contributed by atoms with Crippen molar-refractivity contribution in [2.24, 2.45) is 0 Å². The van der Waals surface area contributed by atoms with Gasteiger partial charge in [-0.2, -0.15) is 0 Å². The van der Waals surface area contributed by atoms with Gasteiger partial charge in [0, 0.05) is 24.1 Å². The second-order valence-electron chi connectivity index (χ2n) is 4.31. The normalized spacial score (nSPS) is 18.0. The summed E-state index contributed by atoms with van der Waals surface area (Å²) in [7, 11) is 1.70. The van der Waals surface area contributed by atoms with E-state index < -0.39 is 5.82 Å². The van der Waals surface area contributed by atoms with Gasteiger partial charge >= 0.3 is 0 Å². The summed E-state index contributed by atoms with van der Waals surface area (Å²) in [4.78, 5) is 13.8. The van der Waals surface area contributed by atoms with Gasteiger partial charge in [-0.25, -0.2) is 4.39 Å². The molecule has 1 aromatic rings. The molecular weight excluding hydrogens is 358 g/mol. The van der Waals surface area contributed by atoms with Crippen molar-refractivity contribution in [3.8, 4) is 0 Å². The van der Waals surface area contributed by atoms with E-state index in [0.29, 0.717) is 4.47 Å². The molecule has 1 N–H and O–H groups in total. The standard InChI is InChI=1S/C12H13BrClFN2O.ClH/c1-17(7-2-3-16-6-7)12(18)8-4-9(13)10(14)5-11(8)15;/h4-5,7,16H,2-3,6H2,1H3;1H. The number of benzene rings is 1. The second-order valence-corrected chi connectivity index (χ2v) is 5.57. The van der Waals surface area contributed by atoms with E-state index in [1.54, 1.807) is 11.9 Å². The molecule has 1 aromatic carbocycles. The summed E-state index contributed by atoms with van der Waals surface area (Å²) in [5.74, 6) is -0.912. The molecule has 106 valence electrons. The highest BCUT2D eigenvalue weighted by Crippen LogP contribution is 2.26. The van der Waals surface area contributed by atoms with E-state index in [1.165, 1.54) is 6.07 Å². The third-order valence-corrected chi connectivity index (χ3v) is 4.34. The van der Waals surface area contributed by atoms with E-state index in [9.17, 15) is 9.18 Å². The van der Waals surface area contributed by atoms with Gasteiger partial charge in [-0.15, -0.1) is 12.4 Å². The first-order chi connectivity index (χ1) is 8.50. The largest absolute Gasteiger partial charge is 0.337 e. The Kier molecular flexibility index (Phi) is 6.05. The number of hydrogen-bond acceptors (Lipinski definition) is 2. The molecule has 3 nitrogen and oxygen atoms in total. The number of halogens is 4. The molecule has 1 amide bonds. The van der Waals surface area contributed by atoms with Crippen molar-refractivity contribution in [3.05, 3.63) is 33.0 Å². The van der Waals surface area contributed by atoms with Crippen molar-refractivity contribution in [2.75, 3.05) is 20.1 Å². The average molecular weight is 372 g/mol. The van der Waals surface area contributed by atoms with E-state index in [0.717, 1.165) is 25.6 Å². The number of hydrogen-bond donors (Lipinski definition) is 1. The minimum absolute atomic E-state index is 0.